The van der Waals surface area contributed by atoms with Crippen molar-refractivity contribution >= 4 is 18.0 Å². The largest absolute Gasteiger partial charge is 0.481 e. The molecule has 0 saturated carbocycles. The molecule has 0 saturated heterocycles. The molecule has 0 spiro atoms. The third-order valence-electron chi connectivity index (χ3n) is 3.78. The van der Waals surface area contributed by atoms with Crippen LogP contribution in [0.3, 0.4) is 0 Å². The number of nitrogens with zero attached hydrogens (tertiary/aromatic N) is 1. The average molecular weight is 339 g/mol. The van der Waals surface area contributed by atoms with Gasteiger partial charge in [0.05, 0.1) is 13.0 Å². The van der Waals surface area contributed by atoms with E-state index in [1.54, 1.807) is 38.4 Å². The van der Waals surface area contributed by atoms with E-state index >= 15 is 0 Å². The highest BCUT2D eigenvalue weighted by atomic mass is 16.5. The molecular formula is C20H21NO4. The van der Waals surface area contributed by atoms with Crippen LogP contribution in [0.15, 0.2) is 54.4 Å². The maximum absolute atomic E-state index is 11.7. The summed E-state index contributed by atoms with van der Waals surface area (Å²) in [7, 11) is 0. The van der Waals surface area contributed by atoms with Crippen molar-refractivity contribution in [1.29, 1.82) is 0 Å². The Kier molecular flexibility index (Phi) is 6.46. The Balaban J connectivity index is 2.25. The molecule has 0 aliphatic carbocycles. The van der Waals surface area contributed by atoms with E-state index < -0.39 is 5.97 Å². The molecule has 2 aromatic rings. The molecule has 1 heterocycles. The van der Waals surface area contributed by atoms with Crippen molar-refractivity contribution in [2.75, 3.05) is 6.61 Å². The van der Waals surface area contributed by atoms with Gasteiger partial charge >= 0.3 is 11.9 Å². The summed E-state index contributed by atoms with van der Waals surface area (Å²) in [6, 6.07) is 11.2. The molecule has 1 aromatic carbocycles. The number of carbonyl (C=O) groups excluding carboxylic acids is 1. The maximum Gasteiger partial charge on any atom is 0.333 e. The zero-order chi connectivity index (χ0) is 18.2. The van der Waals surface area contributed by atoms with Gasteiger partial charge in [0.2, 0.25) is 0 Å². The highest BCUT2D eigenvalue weighted by molar-refractivity contribution is 5.92. The zero-order valence-electron chi connectivity index (χ0n) is 14.3. The summed E-state index contributed by atoms with van der Waals surface area (Å²) in [5, 5.41) is 9.21. The molecule has 0 fully saturated rings. The van der Waals surface area contributed by atoms with Gasteiger partial charge in [0.25, 0.3) is 0 Å². The van der Waals surface area contributed by atoms with E-state index in [2.05, 4.69) is 4.98 Å². The van der Waals surface area contributed by atoms with E-state index in [9.17, 15) is 14.7 Å². The fourth-order valence-corrected chi connectivity index (χ4v) is 2.56. The van der Waals surface area contributed by atoms with Crippen LogP contribution in [-0.2, 0) is 14.3 Å². The molecule has 5 nitrogen and oxygen atoms in total. The summed E-state index contributed by atoms with van der Waals surface area (Å²) in [5.74, 6) is -1.47. The number of aromatic nitrogens is 1. The standard InChI is InChI=1S/C20H21NO4/c1-3-25-20(24)14(2)11-15-6-8-16(9-7-15)18(12-19(22)23)17-5-4-10-21-13-17/h4-11,13,18H,3,12H2,1-2H3,(H,22,23)/b14-11+. The maximum atomic E-state index is 11.7. The van der Waals surface area contributed by atoms with Crippen LogP contribution in [-0.4, -0.2) is 28.6 Å². The van der Waals surface area contributed by atoms with Gasteiger partial charge in [-0.25, -0.2) is 4.79 Å². The van der Waals surface area contributed by atoms with Gasteiger partial charge in [0.1, 0.15) is 0 Å². The van der Waals surface area contributed by atoms with Crippen LogP contribution >= 0.6 is 0 Å². The molecule has 1 unspecified atom stereocenters. The van der Waals surface area contributed by atoms with Gasteiger partial charge in [-0.1, -0.05) is 30.3 Å². The van der Waals surface area contributed by atoms with E-state index in [4.69, 9.17) is 4.74 Å². The topological polar surface area (TPSA) is 76.5 Å². The summed E-state index contributed by atoms with van der Waals surface area (Å²) < 4.78 is 4.96. The number of carboxylic acids is 1. The molecule has 130 valence electrons. The third-order valence-corrected chi connectivity index (χ3v) is 3.78. The second-order valence-corrected chi connectivity index (χ2v) is 5.65. The number of ether oxygens (including phenoxy) is 1. The van der Waals surface area contributed by atoms with Crippen LogP contribution < -0.4 is 0 Å². The number of pyridine rings is 1. The molecule has 0 aliphatic rings. The minimum Gasteiger partial charge on any atom is -0.481 e. The Bertz CT molecular complexity index is 751. The van der Waals surface area contributed by atoms with Gasteiger partial charge in [-0.3, -0.25) is 9.78 Å². The van der Waals surface area contributed by atoms with E-state index in [1.165, 1.54) is 0 Å². The first kappa shape index (κ1) is 18.4. The quantitative estimate of drug-likeness (QED) is 0.615. The lowest BCUT2D eigenvalue weighted by atomic mass is 9.89. The molecule has 0 amide bonds. The minimum atomic E-state index is -0.865. The third kappa shape index (κ3) is 5.28. The number of benzene rings is 1. The van der Waals surface area contributed by atoms with Gasteiger partial charge in [-0.05, 0) is 42.7 Å². The molecule has 25 heavy (non-hydrogen) atoms. The van der Waals surface area contributed by atoms with Crippen molar-refractivity contribution in [3.63, 3.8) is 0 Å². The number of hydrogen-bond donors (Lipinski definition) is 1. The Morgan fingerprint density at radius 2 is 1.92 bits per heavy atom. The zero-order valence-corrected chi connectivity index (χ0v) is 14.3. The van der Waals surface area contributed by atoms with Crippen LogP contribution in [0, 0.1) is 0 Å². The predicted molar refractivity (Wildman–Crippen MR) is 95.1 cm³/mol. The average Bonchev–Trinajstić information content (AvgIpc) is 2.61. The van der Waals surface area contributed by atoms with E-state index in [0.717, 1.165) is 16.7 Å². The molecule has 2 rings (SSSR count). The normalized spacial score (nSPS) is 12.5. The first-order valence-corrected chi connectivity index (χ1v) is 8.08. The second-order valence-electron chi connectivity index (χ2n) is 5.65. The van der Waals surface area contributed by atoms with Gasteiger partial charge in [-0.15, -0.1) is 0 Å². The van der Waals surface area contributed by atoms with Crippen LogP contribution in [0.2, 0.25) is 0 Å². The Morgan fingerprint density at radius 3 is 2.48 bits per heavy atom. The van der Waals surface area contributed by atoms with Crippen LogP contribution in [0.1, 0.15) is 42.9 Å². The number of esters is 1. The number of carbonyl (C=O) groups is 2. The lowest BCUT2D eigenvalue weighted by Gasteiger charge is -2.15. The highest BCUT2D eigenvalue weighted by Crippen LogP contribution is 2.28. The number of carboxylic acid groups (broad SMARTS) is 1. The van der Waals surface area contributed by atoms with E-state index in [0.29, 0.717) is 12.2 Å². The molecule has 1 N–H and O–H groups in total. The summed E-state index contributed by atoms with van der Waals surface area (Å²) in [4.78, 5) is 27.0. The van der Waals surface area contributed by atoms with Crippen molar-refractivity contribution in [3.05, 3.63) is 71.1 Å². The SMILES string of the molecule is CCOC(=O)/C(C)=C/c1ccc(C(CC(=O)O)c2cccnc2)cc1. The van der Waals surface area contributed by atoms with Crippen molar-refractivity contribution in [2.45, 2.75) is 26.2 Å². The first-order valence-electron chi connectivity index (χ1n) is 8.08. The molecule has 5 heteroatoms. The lowest BCUT2D eigenvalue weighted by molar-refractivity contribution is -0.138. The van der Waals surface area contributed by atoms with Crippen LogP contribution in [0.5, 0.6) is 0 Å². The minimum absolute atomic E-state index is 0.0112. The van der Waals surface area contributed by atoms with Crippen molar-refractivity contribution < 1.29 is 19.4 Å². The van der Waals surface area contributed by atoms with Crippen molar-refractivity contribution in [3.8, 4) is 0 Å². The first-order chi connectivity index (χ1) is 12.0. The Morgan fingerprint density at radius 1 is 1.20 bits per heavy atom. The van der Waals surface area contributed by atoms with Gasteiger partial charge < -0.3 is 9.84 Å². The second kappa shape index (κ2) is 8.78. The van der Waals surface area contributed by atoms with Gasteiger partial charge in [0, 0.05) is 23.9 Å². The van der Waals surface area contributed by atoms with Crippen LogP contribution in [0.4, 0.5) is 0 Å². The smallest absolute Gasteiger partial charge is 0.333 e. The monoisotopic (exact) mass is 339 g/mol. The highest BCUT2D eigenvalue weighted by Gasteiger charge is 2.18. The van der Waals surface area contributed by atoms with Crippen molar-refractivity contribution in [1.82, 2.24) is 4.98 Å². The number of hydrogen-bond acceptors (Lipinski definition) is 4. The van der Waals surface area contributed by atoms with Crippen LogP contribution in [0.25, 0.3) is 6.08 Å². The molecule has 1 atom stereocenters. The fourth-order valence-electron chi connectivity index (χ4n) is 2.56. The van der Waals surface area contributed by atoms with E-state index in [-0.39, 0.29) is 18.3 Å². The molecule has 0 bridgehead atoms. The van der Waals surface area contributed by atoms with Crippen molar-refractivity contribution in [2.24, 2.45) is 0 Å². The van der Waals surface area contributed by atoms with Gasteiger partial charge in [-0.2, -0.15) is 0 Å². The number of aliphatic carboxylic acids is 1. The Hall–Kier alpha value is -2.95. The molecule has 0 radical (unpaired) electrons. The van der Waals surface area contributed by atoms with Gasteiger partial charge in [0.15, 0.2) is 0 Å². The summed E-state index contributed by atoms with van der Waals surface area (Å²) >= 11 is 0. The van der Waals surface area contributed by atoms with E-state index in [1.807, 2.05) is 30.3 Å². The lowest BCUT2D eigenvalue weighted by Crippen LogP contribution is -2.08. The Labute approximate surface area is 147 Å². The summed E-state index contributed by atoms with van der Waals surface area (Å²) in [6.07, 6.45) is 5.08. The molecular weight excluding hydrogens is 318 g/mol. The molecule has 1 aromatic heterocycles. The number of rotatable bonds is 7. The fraction of sp³-hybridized carbons (Fsp3) is 0.250. The summed E-state index contributed by atoms with van der Waals surface area (Å²) in [6.45, 7) is 3.81. The summed E-state index contributed by atoms with van der Waals surface area (Å²) in [5.41, 5.74) is 3.12. The molecule has 0 aliphatic heterocycles. The predicted octanol–water partition coefficient (Wildman–Crippen LogP) is 3.65.